The maximum atomic E-state index is 12.7. The molecule has 5 heteroatoms. The summed E-state index contributed by atoms with van der Waals surface area (Å²) in [5, 5.41) is 0. The molecule has 0 fully saturated rings. The van der Waals surface area contributed by atoms with E-state index in [0.717, 1.165) is 6.20 Å². The molecule has 0 bridgehead atoms. The van der Waals surface area contributed by atoms with E-state index in [-0.39, 0.29) is 14.8 Å². The van der Waals surface area contributed by atoms with Crippen molar-refractivity contribution < 1.29 is 13.2 Å². The average molecular weight is 287 g/mol. The third kappa shape index (κ3) is 1.70. The first-order chi connectivity index (χ1) is 5.54. The van der Waals surface area contributed by atoms with E-state index in [1.807, 2.05) is 0 Å². The largest absolute Gasteiger partial charge is 0.281 e. The van der Waals surface area contributed by atoms with Crippen molar-refractivity contribution >= 4 is 22.6 Å². The minimum atomic E-state index is -2.64. The molecule has 0 N–H and O–H groups in total. The second-order valence-corrected chi connectivity index (χ2v) is 3.31. The van der Waals surface area contributed by atoms with Crippen molar-refractivity contribution in [2.45, 2.75) is 13.3 Å². The highest BCUT2D eigenvalue weighted by Crippen LogP contribution is 2.25. The third-order valence-corrected chi connectivity index (χ3v) is 2.80. The zero-order chi connectivity index (χ0) is 9.30. The molecule has 0 amide bonds. The van der Waals surface area contributed by atoms with Crippen LogP contribution < -0.4 is 0 Å². The Hall–Kier alpha value is -0.330. The van der Waals surface area contributed by atoms with Crippen LogP contribution in [0.15, 0.2) is 6.20 Å². The average Bonchev–Trinajstić information content (AvgIpc) is 2.00. The molecule has 1 nitrogen and oxygen atoms in total. The molecule has 66 valence electrons. The van der Waals surface area contributed by atoms with Crippen molar-refractivity contribution in [3.05, 3.63) is 26.8 Å². The minimum Gasteiger partial charge on any atom is -0.251 e. The van der Waals surface area contributed by atoms with Crippen LogP contribution in [0.25, 0.3) is 0 Å². The van der Waals surface area contributed by atoms with Crippen LogP contribution in [0.3, 0.4) is 0 Å². The van der Waals surface area contributed by atoms with Crippen molar-refractivity contribution in [2.75, 3.05) is 0 Å². The van der Waals surface area contributed by atoms with E-state index in [2.05, 4.69) is 4.98 Å². The van der Waals surface area contributed by atoms with E-state index < -0.39 is 12.2 Å². The molecule has 1 rings (SSSR count). The van der Waals surface area contributed by atoms with Gasteiger partial charge in [-0.2, -0.15) is 0 Å². The molecule has 0 spiro atoms. The number of hydrogen-bond donors (Lipinski definition) is 0. The summed E-state index contributed by atoms with van der Waals surface area (Å²) in [5.41, 5.74) is -0.129. The second-order valence-electron chi connectivity index (χ2n) is 2.23. The Balaban J connectivity index is 3.27. The lowest BCUT2D eigenvalue weighted by Crippen LogP contribution is -1.99. The third-order valence-electron chi connectivity index (χ3n) is 1.44. The van der Waals surface area contributed by atoms with Crippen molar-refractivity contribution in [3.63, 3.8) is 0 Å². The number of alkyl halides is 2. The fraction of sp³-hybridized carbons (Fsp3) is 0.286. The molecular formula is C7H5F3IN. The Bertz CT molecular complexity index is 301. The second kappa shape index (κ2) is 3.59. The number of aromatic nitrogens is 1. The topological polar surface area (TPSA) is 12.9 Å². The highest BCUT2D eigenvalue weighted by atomic mass is 127. The highest BCUT2D eigenvalue weighted by molar-refractivity contribution is 14.1. The van der Waals surface area contributed by atoms with E-state index in [0.29, 0.717) is 0 Å². The standard InChI is InChI=1S/C7H5F3IN/c1-3-4(8)2-12-6(5(3)11)7(9)10/h2,7H,1H3. The molecule has 1 heterocycles. The number of halogens is 4. The summed E-state index contributed by atoms with van der Waals surface area (Å²) in [5.74, 6) is -0.552. The van der Waals surface area contributed by atoms with Crippen molar-refractivity contribution in [3.8, 4) is 0 Å². The van der Waals surface area contributed by atoms with Crippen LogP contribution in [-0.4, -0.2) is 4.98 Å². The maximum Gasteiger partial charge on any atom is 0.281 e. The number of nitrogens with zero attached hydrogens (tertiary/aromatic N) is 1. The summed E-state index contributed by atoms with van der Waals surface area (Å²) in [4.78, 5) is 3.31. The van der Waals surface area contributed by atoms with Crippen molar-refractivity contribution in [1.82, 2.24) is 4.98 Å². The molecule has 0 unspecified atom stereocenters. The molecule has 1 aromatic heterocycles. The Morgan fingerprint density at radius 1 is 1.50 bits per heavy atom. The van der Waals surface area contributed by atoms with Gasteiger partial charge in [-0.15, -0.1) is 0 Å². The van der Waals surface area contributed by atoms with Crippen molar-refractivity contribution in [2.24, 2.45) is 0 Å². The van der Waals surface area contributed by atoms with Gasteiger partial charge in [-0.25, -0.2) is 13.2 Å². The Kier molecular flexibility index (Phi) is 2.92. The van der Waals surface area contributed by atoms with E-state index in [1.54, 1.807) is 22.6 Å². The molecule has 0 saturated carbocycles. The molecule has 0 atom stereocenters. The quantitative estimate of drug-likeness (QED) is 0.723. The number of pyridine rings is 1. The van der Waals surface area contributed by atoms with Gasteiger partial charge < -0.3 is 0 Å². The Morgan fingerprint density at radius 2 is 2.08 bits per heavy atom. The zero-order valence-electron chi connectivity index (χ0n) is 6.11. The summed E-state index contributed by atoms with van der Waals surface area (Å²) in [7, 11) is 0. The van der Waals surface area contributed by atoms with Crippen LogP contribution in [0.4, 0.5) is 13.2 Å². The van der Waals surface area contributed by atoms with Gasteiger partial charge in [-0.1, -0.05) is 0 Å². The lowest BCUT2D eigenvalue weighted by atomic mass is 10.2. The Labute approximate surface area is 81.1 Å². The first-order valence-electron chi connectivity index (χ1n) is 3.12. The molecule has 0 aromatic carbocycles. The summed E-state index contributed by atoms with van der Waals surface area (Å²) in [6.07, 6.45) is -1.82. The molecule has 0 saturated heterocycles. The zero-order valence-corrected chi connectivity index (χ0v) is 8.27. The first-order valence-corrected chi connectivity index (χ1v) is 4.20. The predicted octanol–water partition coefficient (Wildman–Crippen LogP) is 3.07. The van der Waals surface area contributed by atoms with Crippen LogP contribution in [-0.2, 0) is 0 Å². The molecule has 12 heavy (non-hydrogen) atoms. The van der Waals surface area contributed by atoms with Crippen molar-refractivity contribution in [1.29, 1.82) is 0 Å². The first kappa shape index (κ1) is 9.76. The molecule has 0 radical (unpaired) electrons. The summed E-state index contributed by atoms with van der Waals surface area (Å²) >= 11 is 1.66. The maximum absolute atomic E-state index is 12.7. The summed E-state index contributed by atoms with van der Waals surface area (Å²) in [6.45, 7) is 1.45. The SMILES string of the molecule is Cc1c(F)cnc(C(F)F)c1I. The van der Waals surface area contributed by atoms with Gasteiger partial charge in [-0.05, 0) is 29.5 Å². The van der Waals surface area contributed by atoms with E-state index in [9.17, 15) is 13.2 Å². The molecule has 0 aliphatic carbocycles. The number of rotatable bonds is 1. The van der Waals surface area contributed by atoms with Crippen LogP contribution in [0.2, 0.25) is 0 Å². The molecule has 0 aliphatic heterocycles. The van der Waals surface area contributed by atoms with Gasteiger partial charge in [0.2, 0.25) is 0 Å². The monoisotopic (exact) mass is 287 g/mol. The van der Waals surface area contributed by atoms with Gasteiger partial charge in [0.05, 0.1) is 6.20 Å². The fourth-order valence-corrected chi connectivity index (χ4v) is 1.36. The van der Waals surface area contributed by atoms with E-state index in [1.165, 1.54) is 6.92 Å². The minimum absolute atomic E-state index is 0.197. The van der Waals surface area contributed by atoms with Crippen LogP contribution in [0.5, 0.6) is 0 Å². The Morgan fingerprint density at radius 3 is 2.58 bits per heavy atom. The fourth-order valence-electron chi connectivity index (χ4n) is 0.729. The molecule has 0 aliphatic rings. The van der Waals surface area contributed by atoms with Gasteiger partial charge >= 0.3 is 0 Å². The number of hydrogen-bond acceptors (Lipinski definition) is 1. The summed E-state index contributed by atoms with van der Waals surface area (Å²) < 4.78 is 37.2. The summed E-state index contributed by atoms with van der Waals surface area (Å²) in [6, 6.07) is 0. The van der Waals surface area contributed by atoms with Gasteiger partial charge in [0, 0.05) is 9.13 Å². The molecular weight excluding hydrogens is 282 g/mol. The van der Waals surface area contributed by atoms with Gasteiger partial charge in [0.25, 0.3) is 6.43 Å². The van der Waals surface area contributed by atoms with Gasteiger partial charge in [0.1, 0.15) is 11.5 Å². The van der Waals surface area contributed by atoms with Crippen LogP contribution in [0.1, 0.15) is 17.7 Å². The van der Waals surface area contributed by atoms with Gasteiger partial charge in [0.15, 0.2) is 0 Å². The van der Waals surface area contributed by atoms with Crippen LogP contribution >= 0.6 is 22.6 Å². The smallest absolute Gasteiger partial charge is 0.251 e. The molecule has 1 aromatic rings. The van der Waals surface area contributed by atoms with E-state index in [4.69, 9.17) is 0 Å². The van der Waals surface area contributed by atoms with Gasteiger partial charge in [-0.3, -0.25) is 4.98 Å². The normalized spacial score (nSPS) is 10.8. The lowest BCUT2D eigenvalue weighted by Gasteiger charge is -2.04. The lowest BCUT2D eigenvalue weighted by molar-refractivity contribution is 0.144. The van der Waals surface area contributed by atoms with E-state index >= 15 is 0 Å². The highest BCUT2D eigenvalue weighted by Gasteiger charge is 2.16. The predicted molar refractivity (Wildman–Crippen MR) is 46.6 cm³/mol. The van der Waals surface area contributed by atoms with Crippen LogP contribution in [0, 0.1) is 16.3 Å².